The van der Waals surface area contributed by atoms with Gasteiger partial charge < -0.3 is 15.5 Å². The molecular formula is C18H27N5O. The molecule has 0 radical (unpaired) electrons. The fourth-order valence-electron chi connectivity index (χ4n) is 2.60. The Morgan fingerprint density at radius 3 is 2.71 bits per heavy atom. The maximum atomic E-state index is 11.9. The van der Waals surface area contributed by atoms with Gasteiger partial charge in [-0.2, -0.15) is 0 Å². The van der Waals surface area contributed by atoms with Crippen molar-refractivity contribution in [2.24, 2.45) is 0 Å². The van der Waals surface area contributed by atoms with E-state index in [1.165, 1.54) is 6.33 Å². The molecule has 2 aromatic rings. The Morgan fingerprint density at radius 1 is 1.12 bits per heavy atom. The van der Waals surface area contributed by atoms with Crippen LogP contribution < -0.4 is 10.6 Å². The molecule has 0 spiro atoms. The summed E-state index contributed by atoms with van der Waals surface area (Å²) in [5, 5.41) is 6.96. The van der Waals surface area contributed by atoms with Gasteiger partial charge in [-0.1, -0.05) is 26.0 Å². The average molecular weight is 329 g/mol. The number of unbranched alkanes of at least 4 members (excludes halogenated alkanes) is 1. The van der Waals surface area contributed by atoms with Gasteiger partial charge >= 0.3 is 0 Å². The highest BCUT2D eigenvalue weighted by atomic mass is 16.1. The van der Waals surface area contributed by atoms with Crippen molar-refractivity contribution >= 4 is 22.6 Å². The van der Waals surface area contributed by atoms with Gasteiger partial charge in [0.2, 0.25) is 5.91 Å². The van der Waals surface area contributed by atoms with Crippen LogP contribution in [-0.4, -0.2) is 53.5 Å². The number of rotatable bonds is 10. The molecule has 6 nitrogen and oxygen atoms in total. The third-order valence-electron chi connectivity index (χ3n) is 4.08. The fourth-order valence-corrected chi connectivity index (χ4v) is 2.60. The molecule has 1 heterocycles. The van der Waals surface area contributed by atoms with Gasteiger partial charge in [0.25, 0.3) is 0 Å². The Bertz CT molecular complexity index is 637. The van der Waals surface area contributed by atoms with E-state index in [0.29, 0.717) is 12.4 Å². The molecule has 1 aromatic carbocycles. The lowest BCUT2D eigenvalue weighted by Crippen LogP contribution is -2.31. The van der Waals surface area contributed by atoms with Crippen LogP contribution in [0, 0.1) is 0 Å². The predicted molar refractivity (Wildman–Crippen MR) is 98.1 cm³/mol. The number of para-hydroxylation sites is 1. The maximum Gasteiger partial charge on any atom is 0.239 e. The summed E-state index contributed by atoms with van der Waals surface area (Å²) in [5.41, 5.74) is 0.867. The first-order valence-electron chi connectivity index (χ1n) is 8.67. The quantitative estimate of drug-likeness (QED) is 0.655. The van der Waals surface area contributed by atoms with Gasteiger partial charge in [-0.25, -0.2) is 9.97 Å². The van der Waals surface area contributed by atoms with E-state index in [4.69, 9.17) is 0 Å². The molecule has 0 aliphatic rings. The molecule has 0 aliphatic carbocycles. The number of nitrogens with one attached hydrogen (secondary N) is 2. The van der Waals surface area contributed by atoms with Crippen molar-refractivity contribution in [1.82, 2.24) is 20.2 Å². The van der Waals surface area contributed by atoms with Gasteiger partial charge in [-0.3, -0.25) is 4.79 Å². The number of fused-ring (bicyclic) bond motifs is 1. The number of nitrogens with zero attached hydrogens (tertiary/aromatic N) is 3. The molecule has 24 heavy (non-hydrogen) atoms. The van der Waals surface area contributed by atoms with Crippen LogP contribution in [0.4, 0.5) is 5.82 Å². The number of anilines is 1. The largest absolute Gasteiger partial charge is 0.360 e. The average Bonchev–Trinajstić information content (AvgIpc) is 2.63. The topological polar surface area (TPSA) is 70.2 Å². The van der Waals surface area contributed by atoms with Crippen LogP contribution in [0.1, 0.15) is 26.7 Å². The van der Waals surface area contributed by atoms with Gasteiger partial charge in [0.1, 0.15) is 12.1 Å². The van der Waals surface area contributed by atoms with E-state index in [1.54, 1.807) is 0 Å². The molecule has 2 N–H and O–H groups in total. The van der Waals surface area contributed by atoms with Crippen LogP contribution in [0.3, 0.4) is 0 Å². The number of carbonyl (C=O) groups excluding carboxylic acids is 1. The third-order valence-corrected chi connectivity index (χ3v) is 4.08. The number of hydrogen-bond donors (Lipinski definition) is 2. The minimum Gasteiger partial charge on any atom is -0.360 e. The zero-order chi connectivity index (χ0) is 17.2. The van der Waals surface area contributed by atoms with E-state index in [-0.39, 0.29) is 12.5 Å². The van der Waals surface area contributed by atoms with Gasteiger partial charge in [0.05, 0.1) is 12.1 Å². The summed E-state index contributed by atoms with van der Waals surface area (Å²) < 4.78 is 0. The first-order chi connectivity index (χ1) is 11.7. The number of aromatic nitrogens is 2. The Morgan fingerprint density at radius 2 is 1.92 bits per heavy atom. The molecule has 0 fully saturated rings. The molecule has 0 bridgehead atoms. The smallest absolute Gasteiger partial charge is 0.239 e. The van der Waals surface area contributed by atoms with E-state index < -0.39 is 0 Å². The van der Waals surface area contributed by atoms with E-state index in [0.717, 1.165) is 43.4 Å². The molecule has 0 saturated carbocycles. The molecule has 0 unspecified atom stereocenters. The van der Waals surface area contributed by atoms with E-state index in [2.05, 4.69) is 39.3 Å². The van der Waals surface area contributed by atoms with Crippen molar-refractivity contribution < 1.29 is 4.79 Å². The monoisotopic (exact) mass is 329 g/mol. The predicted octanol–water partition coefficient (Wildman–Crippen LogP) is 2.28. The van der Waals surface area contributed by atoms with Crippen molar-refractivity contribution in [2.75, 3.05) is 38.0 Å². The second-order valence-corrected chi connectivity index (χ2v) is 5.68. The highest BCUT2D eigenvalue weighted by Gasteiger charge is 2.05. The first kappa shape index (κ1) is 18.1. The molecule has 130 valence electrons. The van der Waals surface area contributed by atoms with Crippen molar-refractivity contribution in [3.05, 3.63) is 30.6 Å². The van der Waals surface area contributed by atoms with Gasteiger partial charge in [-0.15, -0.1) is 0 Å². The van der Waals surface area contributed by atoms with Crippen LogP contribution in [0.15, 0.2) is 30.6 Å². The SMILES string of the molecule is CCN(CC)CCCCNC(=O)CNc1ncnc2ccccc12. The summed E-state index contributed by atoms with van der Waals surface area (Å²) in [6.07, 6.45) is 3.61. The molecule has 2 rings (SSSR count). The zero-order valence-electron chi connectivity index (χ0n) is 14.6. The highest BCUT2D eigenvalue weighted by Crippen LogP contribution is 2.17. The minimum atomic E-state index is -0.0134. The standard InChI is InChI=1S/C18H27N5O/c1-3-23(4-2)12-8-7-11-19-17(24)13-20-18-15-9-5-6-10-16(15)21-14-22-18/h5-6,9-10,14H,3-4,7-8,11-13H2,1-2H3,(H,19,24)(H,20,21,22). The minimum absolute atomic E-state index is 0.0134. The Kier molecular flexibility index (Phi) is 7.42. The Labute approximate surface area is 143 Å². The second-order valence-electron chi connectivity index (χ2n) is 5.68. The summed E-state index contributed by atoms with van der Waals surface area (Å²) >= 11 is 0. The summed E-state index contributed by atoms with van der Waals surface area (Å²) in [5.74, 6) is 0.679. The molecule has 1 aromatic heterocycles. The lowest BCUT2D eigenvalue weighted by atomic mass is 10.2. The normalized spacial score (nSPS) is 11.0. The van der Waals surface area contributed by atoms with Crippen molar-refractivity contribution in [3.63, 3.8) is 0 Å². The zero-order valence-corrected chi connectivity index (χ0v) is 14.6. The van der Waals surface area contributed by atoms with Crippen molar-refractivity contribution in [2.45, 2.75) is 26.7 Å². The van der Waals surface area contributed by atoms with Crippen LogP contribution >= 0.6 is 0 Å². The maximum absolute atomic E-state index is 11.9. The van der Waals surface area contributed by atoms with Crippen LogP contribution in [0.25, 0.3) is 10.9 Å². The van der Waals surface area contributed by atoms with E-state index >= 15 is 0 Å². The number of hydrogen-bond acceptors (Lipinski definition) is 5. The lowest BCUT2D eigenvalue weighted by Gasteiger charge is -2.17. The molecule has 0 aliphatic heterocycles. The van der Waals surface area contributed by atoms with Gasteiger partial charge in [0.15, 0.2) is 0 Å². The Balaban J connectivity index is 1.69. The molecule has 6 heteroatoms. The summed E-state index contributed by atoms with van der Waals surface area (Å²) in [4.78, 5) is 22.8. The highest BCUT2D eigenvalue weighted by molar-refractivity contribution is 5.90. The lowest BCUT2D eigenvalue weighted by molar-refractivity contribution is -0.119. The van der Waals surface area contributed by atoms with Crippen LogP contribution in [0.5, 0.6) is 0 Å². The second kappa shape index (κ2) is 9.82. The number of benzene rings is 1. The number of amides is 1. The van der Waals surface area contributed by atoms with Gasteiger partial charge in [0, 0.05) is 11.9 Å². The van der Waals surface area contributed by atoms with Crippen molar-refractivity contribution in [1.29, 1.82) is 0 Å². The third kappa shape index (κ3) is 5.45. The van der Waals surface area contributed by atoms with Crippen LogP contribution in [0.2, 0.25) is 0 Å². The van der Waals surface area contributed by atoms with E-state index in [9.17, 15) is 4.79 Å². The number of carbonyl (C=O) groups is 1. The summed E-state index contributed by atoms with van der Waals surface area (Å²) in [6, 6.07) is 7.75. The Hall–Kier alpha value is -2.21. The molecule has 0 saturated heterocycles. The summed E-state index contributed by atoms with van der Waals surface area (Å²) in [6.45, 7) is 8.54. The molecule has 0 atom stereocenters. The van der Waals surface area contributed by atoms with Crippen molar-refractivity contribution in [3.8, 4) is 0 Å². The molecule has 1 amide bonds. The first-order valence-corrected chi connectivity index (χ1v) is 8.67. The molecular weight excluding hydrogens is 302 g/mol. The van der Waals surface area contributed by atoms with Gasteiger partial charge in [-0.05, 0) is 44.6 Å². The summed E-state index contributed by atoms with van der Waals surface area (Å²) in [7, 11) is 0. The van der Waals surface area contributed by atoms with E-state index in [1.807, 2.05) is 24.3 Å². The van der Waals surface area contributed by atoms with Crippen LogP contribution in [-0.2, 0) is 4.79 Å². The fraction of sp³-hybridized carbons (Fsp3) is 0.500.